The van der Waals surface area contributed by atoms with Gasteiger partial charge < -0.3 is 0 Å². The van der Waals surface area contributed by atoms with Crippen LogP contribution in [0.2, 0.25) is 0 Å². The van der Waals surface area contributed by atoms with Crippen molar-refractivity contribution in [2.45, 2.75) is 23.8 Å². The third-order valence-corrected chi connectivity index (χ3v) is 4.96. The Morgan fingerprint density at radius 3 is 2.43 bits per heavy atom. The van der Waals surface area contributed by atoms with Crippen molar-refractivity contribution in [3.8, 4) is 0 Å². The molecule has 0 saturated carbocycles. The SMILES string of the molecule is Cc1cccc(NC([Se])=NC(NC(=O)/C=C/c2ccccc2)C(Cl)(Cl)Cl)c1C. The van der Waals surface area contributed by atoms with Gasteiger partial charge in [-0.3, -0.25) is 0 Å². The summed E-state index contributed by atoms with van der Waals surface area (Å²) in [7, 11) is 0. The topological polar surface area (TPSA) is 53.5 Å². The molecule has 0 aromatic heterocycles. The second-order valence-corrected chi connectivity index (χ2v) is 9.18. The average molecular weight is 503 g/mol. The van der Waals surface area contributed by atoms with E-state index in [1.165, 1.54) is 6.08 Å². The van der Waals surface area contributed by atoms with Gasteiger partial charge in [0.05, 0.1) is 0 Å². The Balaban J connectivity index is 2.12. The molecule has 0 aliphatic heterocycles. The summed E-state index contributed by atoms with van der Waals surface area (Å²) < 4.78 is -1.44. The summed E-state index contributed by atoms with van der Waals surface area (Å²) in [6.07, 6.45) is 1.95. The van der Waals surface area contributed by atoms with Crippen LogP contribution in [0.5, 0.6) is 0 Å². The summed E-state index contributed by atoms with van der Waals surface area (Å²) >= 11 is 20.8. The number of amidine groups is 1. The van der Waals surface area contributed by atoms with E-state index in [1.54, 1.807) is 6.08 Å². The Kier molecular flexibility index (Phi) is 8.41. The van der Waals surface area contributed by atoms with E-state index in [-0.39, 0.29) is 0 Å². The molecule has 0 aliphatic rings. The number of hydrogen-bond donors (Lipinski definition) is 2. The number of aliphatic imine (C=N–C) groups is 1. The summed E-state index contributed by atoms with van der Waals surface area (Å²) in [5.41, 5.74) is 3.96. The Morgan fingerprint density at radius 1 is 1.11 bits per heavy atom. The molecule has 0 fully saturated rings. The number of carbonyl (C=O) groups excluding carboxylic acids is 1. The Morgan fingerprint density at radius 2 is 1.79 bits per heavy atom. The number of benzene rings is 2. The van der Waals surface area contributed by atoms with Crippen molar-refractivity contribution < 1.29 is 4.79 Å². The molecule has 147 valence electrons. The molecular weight excluding hydrogens is 484 g/mol. The third kappa shape index (κ3) is 7.16. The van der Waals surface area contributed by atoms with E-state index in [0.29, 0.717) is 4.73 Å². The van der Waals surface area contributed by atoms with Gasteiger partial charge in [-0.05, 0) is 0 Å². The number of carbonyl (C=O) groups is 1. The van der Waals surface area contributed by atoms with Gasteiger partial charge in [0, 0.05) is 0 Å². The normalized spacial score (nSPS) is 13.4. The fourth-order valence-electron chi connectivity index (χ4n) is 2.26. The molecule has 2 aromatic rings. The molecule has 0 aliphatic carbocycles. The van der Waals surface area contributed by atoms with Gasteiger partial charge in [0.15, 0.2) is 0 Å². The van der Waals surface area contributed by atoms with Gasteiger partial charge in [0.1, 0.15) is 0 Å². The number of rotatable bonds is 5. The van der Waals surface area contributed by atoms with Gasteiger partial charge in [0.2, 0.25) is 0 Å². The van der Waals surface area contributed by atoms with Crippen LogP contribution in [0.4, 0.5) is 5.69 Å². The number of nitrogens with one attached hydrogen (secondary N) is 2. The monoisotopic (exact) mass is 502 g/mol. The van der Waals surface area contributed by atoms with Crippen molar-refractivity contribution in [2.24, 2.45) is 4.99 Å². The number of anilines is 1. The molecule has 2 rings (SSSR count). The predicted octanol–water partition coefficient (Wildman–Crippen LogP) is 4.77. The van der Waals surface area contributed by atoms with Crippen LogP contribution in [0.25, 0.3) is 6.08 Å². The van der Waals surface area contributed by atoms with E-state index in [2.05, 4.69) is 31.6 Å². The van der Waals surface area contributed by atoms with E-state index in [9.17, 15) is 4.79 Å². The van der Waals surface area contributed by atoms with E-state index >= 15 is 0 Å². The molecule has 0 saturated heterocycles. The molecular formula is C20H19Cl3N3OSe. The summed E-state index contributed by atoms with van der Waals surface area (Å²) in [6, 6.07) is 15.3. The van der Waals surface area contributed by atoms with Crippen LogP contribution in [0.1, 0.15) is 16.7 Å². The molecule has 0 bridgehead atoms. The first-order valence-corrected chi connectivity index (χ1v) is 10.3. The van der Waals surface area contributed by atoms with Gasteiger partial charge >= 0.3 is 189 Å². The number of alkyl halides is 3. The van der Waals surface area contributed by atoms with Crippen LogP contribution < -0.4 is 10.6 Å². The van der Waals surface area contributed by atoms with Crippen LogP contribution >= 0.6 is 34.8 Å². The van der Waals surface area contributed by atoms with Crippen LogP contribution in [-0.2, 0) is 4.79 Å². The van der Waals surface area contributed by atoms with Crippen molar-refractivity contribution in [1.29, 1.82) is 0 Å². The molecule has 2 aromatic carbocycles. The number of hydrogen-bond acceptors (Lipinski definition) is 2. The first kappa shape index (κ1) is 22.8. The van der Waals surface area contributed by atoms with Crippen LogP contribution in [0, 0.1) is 13.8 Å². The molecule has 0 heterocycles. The number of aryl methyl sites for hydroxylation is 1. The zero-order valence-corrected chi connectivity index (χ0v) is 19.2. The predicted molar refractivity (Wildman–Crippen MR) is 120 cm³/mol. The summed E-state index contributed by atoms with van der Waals surface area (Å²) in [4.78, 5) is 16.5. The van der Waals surface area contributed by atoms with E-state index in [1.807, 2.05) is 62.4 Å². The Labute approximate surface area is 188 Å². The summed E-state index contributed by atoms with van der Waals surface area (Å²) in [6.45, 7) is 4.01. The fourth-order valence-corrected chi connectivity index (χ4v) is 3.02. The van der Waals surface area contributed by atoms with Crippen molar-refractivity contribution >= 4 is 73.2 Å². The maximum absolute atomic E-state index is 12.2. The van der Waals surface area contributed by atoms with Gasteiger partial charge in [-0.15, -0.1) is 0 Å². The molecule has 1 unspecified atom stereocenters. The average Bonchev–Trinajstić information content (AvgIpc) is 2.63. The summed E-state index contributed by atoms with van der Waals surface area (Å²) in [5.74, 6) is -0.427. The Bertz CT molecular complexity index is 880. The minimum atomic E-state index is -1.82. The van der Waals surface area contributed by atoms with Crippen LogP contribution in [0.15, 0.2) is 59.6 Å². The minimum absolute atomic E-state index is 0.386. The van der Waals surface area contributed by atoms with Crippen LogP contribution in [0.3, 0.4) is 0 Å². The third-order valence-electron chi connectivity index (χ3n) is 3.91. The van der Waals surface area contributed by atoms with E-state index in [4.69, 9.17) is 34.8 Å². The molecule has 4 nitrogen and oxygen atoms in total. The molecule has 1 atom stereocenters. The molecule has 28 heavy (non-hydrogen) atoms. The standard InChI is InChI=1S/C20H19Cl3N3OSe/c1-13-7-6-10-16(14(13)2)24-19(28)26-18(20(21,22)23)25-17(27)12-11-15-8-4-3-5-9-15/h3-12,18H,1-2H3,(H,24,26)(H,25,27)/b12-11+. The maximum atomic E-state index is 12.2. The Hall–Kier alpha value is -1.49. The first-order chi connectivity index (χ1) is 13.2. The van der Waals surface area contributed by atoms with Gasteiger partial charge in [0.25, 0.3) is 0 Å². The number of amides is 1. The van der Waals surface area contributed by atoms with Gasteiger partial charge in [-0.2, -0.15) is 0 Å². The van der Waals surface area contributed by atoms with Gasteiger partial charge in [-0.1, -0.05) is 0 Å². The quantitative estimate of drug-likeness (QED) is 0.204. The van der Waals surface area contributed by atoms with Crippen molar-refractivity contribution in [3.05, 3.63) is 71.3 Å². The number of halogens is 3. The molecule has 1 amide bonds. The molecule has 8 heteroatoms. The van der Waals surface area contributed by atoms with Crippen molar-refractivity contribution in [2.75, 3.05) is 5.32 Å². The molecule has 0 spiro atoms. The molecule has 2 N–H and O–H groups in total. The van der Waals surface area contributed by atoms with Crippen LogP contribution in [-0.4, -0.2) is 36.6 Å². The second-order valence-electron chi connectivity index (χ2n) is 6.00. The van der Waals surface area contributed by atoms with Crippen molar-refractivity contribution in [1.82, 2.24) is 5.32 Å². The zero-order chi connectivity index (χ0) is 20.7. The molecule has 1 radical (unpaired) electrons. The van der Waals surface area contributed by atoms with E-state index < -0.39 is 15.9 Å². The number of nitrogens with zero attached hydrogens (tertiary/aromatic N) is 1. The van der Waals surface area contributed by atoms with Crippen molar-refractivity contribution in [3.63, 3.8) is 0 Å². The fraction of sp³-hybridized carbons (Fsp3) is 0.200. The first-order valence-electron chi connectivity index (χ1n) is 8.35. The zero-order valence-electron chi connectivity index (χ0n) is 15.2. The van der Waals surface area contributed by atoms with Gasteiger partial charge in [-0.25, -0.2) is 0 Å². The van der Waals surface area contributed by atoms with E-state index in [0.717, 1.165) is 22.4 Å². The second kappa shape index (κ2) is 10.3. The summed E-state index contributed by atoms with van der Waals surface area (Å²) in [5, 5.41) is 5.73.